The van der Waals surface area contributed by atoms with Crippen molar-refractivity contribution in [2.24, 2.45) is 0 Å². The fraction of sp³-hybridized carbons (Fsp3) is 0.130. The van der Waals surface area contributed by atoms with Gasteiger partial charge in [-0.3, -0.25) is 9.69 Å². The summed E-state index contributed by atoms with van der Waals surface area (Å²) < 4.78 is 7.87. The maximum atomic E-state index is 13.1. The molecule has 0 unspecified atom stereocenters. The molecule has 4 nitrogen and oxygen atoms in total. The Morgan fingerprint density at radius 1 is 1.00 bits per heavy atom. The third kappa shape index (κ3) is 3.61. The highest BCUT2D eigenvalue weighted by atomic mass is 32.2. The first-order valence-corrected chi connectivity index (χ1v) is 10.4. The Morgan fingerprint density at radius 2 is 1.69 bits per heavy atom. The fourth-order valence-electron chi connectivity index (χ4n) is 3.40. The standard InChI is InChI=1S/C23H20N2O2S2/c1-15-14-24(17-7-5-4-6-8-17)16(2)20(15)13-21-22(26)25(23(28)29-21)18-9-11-19(27-3)12-10-18/h4-14H,1-3H3/b21-13-. The van der Waals surface area contributed by atoms with Crippen LogP contribution in [-0.4, -0.2) is 21.9 Å². The van der Waals surface area contributed by atoms with Crippen LogP contribution in [0.15, 0.2) is 65.7 Å². The number of nitrogens with zero attached hydrogens (tertiary/aromatic N) is 2. The van der Waals surface area contributed by atoms with E-state index in [0.29, 0.717) is 9.23 Å². The number of hydrogen-bond donors (Lipinski definition) is 0. The van der Waals surface area contributed by atoms with Gasteiger partial charge in [0.25, 0.3) is 5.91 Å². The molecule has 0 aliphatic carbocycles. The third-order valence-corrected chi connectivity index (χ3v) is 6.24. The van der Waals surface area contributed by atoms with Gasteiger partial charge in [-0.2, -0.15) is 0 Å². The lowest BCUT2D eigenvalue weighted by atomic mass is 10.1. The Labute approximate surface area is 179 Å². The molecule has 0 spiro atoms. The van der Waals surface area contributed by atoms with Gasteiger partial charge in [0.2, 0.25) is 0 Å². The number of anilines is 1. The number of rotatable bonds is 4. The summed E-state index contributed by atoms with van der Waals surface area (Å²) in [5.41, 5.74) is 5.08. The second-order valence-electron chi connectivity index (χ2n) is 6.73. The molecule has 1 aromatic heterocycles. The molecule has 6 heteroatoms. The molecule has 1 fully saturated rings. The van der Waals surface area contributed by atoms with Gasteiger partial charge in [0.15, 0.2) is 4.32 Å². The Bertz CT molecular complexity index is 1120. The molecular weight excluding hydrogens is 400 g/mol. The maximum absolute atomic E-state index is 13.1. The van der Waals surface area contributed by atoms with Crippen molar-refractivity contribution in [3.63, 3.8) is 0 Å². The van der Waals surface area contributed by atoms with E-state index in [4.69, 9.17) is 17.0 Å². The van der Waals surface area contributed by atoms with Crippen LogP contribution >= 0.6 is 24.0 Å². The third-order valence-electron chi connectivity index (χ3n) is 4.93. The van der Waals surface area contributed by atoms with Crippen LogP contribution in [0, 0.1) is 13.8 Å². The van der Waals surface area contributed by atoms with Gasteiger partial charge < -0.3 is 9.30 Å². The van der Waals surface area contributed by atoms with Crippen molar-refractivity contribution in [1.29, 1.82) is 0 Å². The van der Waals surface area contributed by atoms with Crippen LogP contribution in [0.4, 0.5) is 5.69 Å². The molecule has 29 heavy (non-hydrogen) atoms. The van der Waals surface area contributed by atoms with Gasteiger partial charge in [0.1, 0.15) is 5.75 Å². The number of aryl methyl sites for hydroxylation is 1. The first-order chi connectivity index (χ1) is 14.0. The van der Waals surface area contributed by atoms with Gasteiger partial charge in [-0.1, -0.05) is 42.2 Å². The van der Waals surface area contributed by atoms with Crippen LogP contribution < -0.4 is 9.64 Å². The minimum absolute atomic E-state index is 0.101. The van der Waals surface area contributed by atoms with E-state index in [0.717, 1.165) is 33.9 Å². The van der Waals surface area contributed by atoms with E-state index in [9.17, 15) is 4.79 Å². The number of carbonyl (C=O) groups is 1. The van der Waals surface area contributed by atoms with E-state index in [1.54, 1.807) is 12.0 Å². The van der Waals surface area contributed by atoms with Gasteiger partial charge in [-0.25, -0.2) is 0 Å². The molecule has 2 heterocycles. The number of para-hydroxylation sites is 1. The fourth-order valence-corrected chi connectivity index (χ4v) is 4.68. The summed E-state index contributed by atoms with van der Waals surface area (Å²) in [4.78, 5) is 15.3. The van der Waals surface area contributed by atoms with E-state index in [-0.39, 0.29) is 5.91 Å². The largest absolute Gasteiger partial charge is 0.497 e. The minimum atomic E-state index is -0.101. The summed E-state index contributed by atoms with van der Waals surface area (Å²) in [6, 6.07) is 17.5. The summed E-state index contributed by atoms with van der Waals surface area (Å²) >= 11 is 6.82. The summed E-state index contributed by atoms with van der Waals surface area (Å²) in [6.07, 6.45) is 4.05. The van der Waals surface area contributed by atoms with Crippen molar-refractivity contribution in [2.45, 2.75) is 13.8 Å². The topological polar surface area (TPSA) is 34.5 Å². The van der Waals surface area contributed by atoms with Crippen LogP contribution in [0.25, 0.3) is 11.8 Å². The number of benzene rings is 2. The number of carbonyl (C=O) groups excluding carboxylic acids is 1. The zero-order valence-corrected chi connectivity index (χ0v) is 18.0. The van der Waals surface area contributed by atoms with Crippen LogP contribution in [0.1, 0.15) is 16.8 Å². The molecule has 0 N–H and O–H groups in total. The lowest BCUT2D eigenvalue weighted by Crippen LogP contribution is -2.27. The Kier molecular flexibility index (Phi) is 5.30. The molecule has 1 aliphatic heterocycles. The smallest absolute Gasteiger partial charge is 0.270 e. The van der Waals surface area contributed by atoms with Crippen molar-refractivity contribution < 1.29 is 9.53 Å². The molecule has 1 amide bonds. The van der Waals surface area contributed by atoms with Gasteiger partial charge in [0.05, 0.1) is 17.7 Å². The predicted octanol–water partition coefficient (Wildman–Crippen LogP) is 5.51. The van der Waals surface area contributed by atoms with E-state index in [1.165, 1.54) is 11.8 Å². The van der Waals surface area contributed by atoms with Crippen LogP contribution in [0.3, 0.4) is 0 Å². The SMILES string of the molecule is COc1ccc(N2C(=O)/C(=C/c3c(C)cn(-c4ccccc4)c3C)SC2=S)cc1. The van der Waals surface area contributed by atoms with Gasteiger partial charge >= 0.3 is 0 Å². The number of aromatic nitrogens is 1. The average Bonchev–Trinajstić information content (AvgIpc) is 3.18. The summed E-state index contributed by atoms with van der Waals surface area (Å²) in [5.74, 6) is 0.639. The maximum Gasteiger partial charge on any atom is 0.270 e. The van der Waals surface area contributed by atoms with Crippen molar-refractivity contribution in [2.75, 3.05) is 12.0 Å². The van der Waals surface area contributed by atoms with Gasteiger partial charge in [0, 0.05) is 17.6 Å². The second-order valence-corrected chi connectivity index (χ2v) is 8.41. The van der Waals surface area contributed by atoms with Crippen LogP contribution in [0.2, 0.25) is 0 Å². The minimum Gasteiger partial charge on any atom is -0.497 e. The Morgan fingerprint density at radius 3 is 2.34 bits per heavy atom. The molecule has 0 radical (unpaired) electrons. The molecule has 0 saturated carbocycles. The van der Waals surface area contributed by atoms with Crippen LogP contribution in [-0.2, 0) is 4.79 Å². The number of thiocarbonyl (C=S) groups is 1. The molecule has 0 bridgehead atoms. The van der Waals surface area contributed by atoms with Gasteiger partial charge in [-0.15, -0.1) is 0 Å². The van der Waals surface area contributed by atoms with Crippen molar-refractivity contribution in [3.8, 4) is 11.4 Å². The number of methoxy groups -OCH3 is 1. The summed E-state index contributed by atoms with van der Waals surface area (Å²) in [5, 5.41) is 0. The molecule has 2 aromatic carbocycles. The number of hydrogen-bond acceptors (Lipinski definition) is 4. The zero-order valence-electron chi connectivity index (χ0n) is 16.4. The molecule has 4 rings (SSSR count). The lowest BCUT2D eigenvalue weighted by molar-refractivity contribution is -0.113. The molecule has 0 atom stereocenters. The Hall–Kier alpha value is -2.83. The predicted molar refractivity (Wildman–Crippen MR) is 124 cm³/mol. The quantitative estimate of drug-likeness (QED) is 0.412. The van der Waals surface area contributed by atoms with E-state index in [2.05, 4.69) is 36.7 Å². The van der Waals surface area contributed by atoms with E-state index >= 15 is 0 Å². The van der Waals surface area contributed by atoms with E-state index < -0.39 is 0 Å². The molecule has 1 aliphatic rings. The Balaban J connectivity index is 1.68. The monoisotopic (exact) mass is 420 g/mol. The molecule has 146 valence electrons. The summed E-state index contributed by atoms with van der Waals surface area (Å²) in [6.45, 7) is 4.12. The number of ether oxygens (including phenoxy) is 1. The summed E-state index contributed by atoms with van der Waals surface area (Å²) in [7, 11) is 1.61. The zero-order chi connectivity index (χ0) is 20.5. The number of amides is 1. The second kappa shape index (κ2) is 7.89. The highest BCUT2D eigenvalue weighted by Gasteiger charge is 2.33. The lowest BCUT2D eigenvalue weighted by Gasteiger charge is -2.14. The average molecular weight is 421 g/mol. The van der Waals surface area contributed by atoms with Crippen molar-refractivity contribution >= 4 is 46.0 Å². The molecule has 1 saturated heterocycles. The first-order valence-electron chi connectivity index (χ1n) is 9.15. The van der Waals surface area contributed by atoms with E-state index in [1.807, 2.05) is 48.5 Å². The normalized spacial score (nSPS) is 15.4. The highest BCUT2D eigenvalue weighted by Crippen LogP contribution is 2.37. The van der Waals surface area contributed by atoms with Crippen molar-refractivity contribution in [3.05, 3.63) is 82.5 Å². The highest BCUT2D eigenvalue weighted by molar-refractivity contribution is 8.27. The van der Waals surface area contributed by atoms with Gasteiger partial charge in [-0.05, 0) is 67.4 Å². The van der Waals surface area contributed by atoms with Crippen LogP contribution in [0.5, 0.6) is 5.75 Å². The molecular formula is C23H20N2O2S2. The molecule has 3 aromatic rings. The van der Waals surface area contributed by atoms with Crippen molar-refractivity contribution in [1.82, 2.24) is 4.57 Å². The number of thioether (sulfide) groups is 1. The first kappa shape index (κ1) is 19.5.